The molecule has 0 aromatic heterocycles. The average molecular weight is 257 g/mol. The first-order valence-corrected chi connectivity index (χ1v) is 6.37. The van der Waals surface area contributed by atoms with Crippen molar-refractivity contribution < 1.29 is 9.47 Å². The minimum absolute atomic E-state index is 0.161. The first-order valence-electron chi connectivity index (χ1n) is 6.37. The van der Waals surface area contributed by atoms with Crippen molar-refractivity contribution in [1.29, 1.82) is 0 Å². The highest BCUT2D eigenvalue weighted by Gasteiger charge is 2.09. The van der Waals surface area contributed by atoms with Gasteiger partial charge in [0.15, 0.2) is 0 Å². The molecule has 1 atom stereocenters. The fourth-order valence-corrected chi connectivity index (χ4v) is 1.97. The van der Waals surface area contributed by atoms with Gasteiger partial charge < -0.3 is 15.2 Å². The van der Waals surface area contributed by atoms with Gasteiger partial charge in [0.05, 0.1) is 19.8 Å². The Labute approximate surface area is 114 Å². The van der Waals surface area contributed by atoms with Crippen molar-refractivity contribution in [3.05, 3.63) is 59.7 Å². The quantitative estimate of drug-likeness (QED) is 0.895. The van der Waals surface area contributed by atoms with Gasteiger partial charge in [-0.1, -0.05) is 24.3 Å². The fraction of sp³-hybridized carbons (Fsp3) is 0.250. The minimum Gasteiger partial charge on any atom is -0.497 e. The molecule has 2 N–H and O–H groups in total. The summed E-state index contributed by atoms with van der Waals surface area (Å²) in [6, 6.07) is 15.5. The summed E-state index contributed by atoms with van der Waals surface area (Å²) in [5.41, 5.74) is 8.35. The van der Waals surface area contributed by atoms with Crippen LogP contribution in [0, 0.1) is 0 Å². The highest BCUT2D eigenvalue weighted by molar-refractivity contribution is 5.38. The molecule has 0 heterocycles. The molecule has 3 heteroatoms. The van der Waals surface area contributed by atoms with Gasteiger partial charge in [-0.3, -0.25) is 0 Å². The molecule has 0 radical (unpaired) electrons. The molecule has 3 nitrogen and oxygen atoms in total. The third-order valence-corrected chi connectivity index (χ3v) is 3.00. The van der Waals surface area contributed by atoms with Crippen molar-refractivity contribution in [2.45, 2.75) is 13.0 Å². The summed E-state index contributed by atoms with van der Waals surface area (Å²) in [6.45, 7) is 2.64. The van der Waals surface area contributed by atoms with E-state index >= 15 is 0 Å². The summed E-state index contributed by atoms with van der Waals surface area (Å²) in [5, 5.41) is 0. The van der Waals surface area contributed by atoms with Gasteiger partial charge in [-0.15, -0.1) is 0 Å². The molecule has 2 rings (SSSR count). The summed E-state index contributed by atoms with van der Waals surface area (Å²) in [6.07, 6.45) is 0. The average Bonchev–Trinajstić information content (AvgIpc) is 2.48. The number of benzene rings is 2. The Morgan fingerprint density at radius 2 is 1.74 bits per heavy atom. The lowest BCUT2D eigenvalue weighted by Crippen LogP contribution is -2.11. The minimum atomic E-state index is -0.161. The van der Waals surface area contributed by atoms with Crippen molar-refractivity contribution in [2.75, 3.05) is 13.7 Å². The van der Waals surface area contributed by atoms with E-state index in [2.05, 4.69) is 0 Å². The standard InChI is InChI=1S/C16H19NO2/c1-3-19-14-9-7-12(8-10-14)16(17)13-5-4-6-15(11-13)18-2/h4-11,16H,3,17H2,1-2H3. The van der Waals surface area contributed by atoms with Gasteiger partial charge in [-0.2, -0.15) is 0 Å². The summed E-state index contributed by atoms with van der Waals surface area (Å²) >= 11 is 0. The molecule has 2 aromatic rings. The van der Waals surface area contributed by atoms with Crippen molar-refractivity contribution in [1.82, 2.24) is 0 Å². The van der Waals surface area contributed by atoms with Crippen molar-refractivity contribution in [2.24, 2.45) is 5.73 Å². The number of hydrogen-bond donors (Lipinski definition) is 1. The number of rotatable bonds is 5. The summed E-state index contributed by atoms with van der Waals surface area (Å²) in [5.74, 6) is 1.68. The lowest BCUT2D eigenvalue weighted by Gasteiger charge is -2.14. The maximum Gasteiger partial charge on any atom is 0.119 e. The Balaban J connectivity index is 2.20. The number of ether oxygens (including phenoxy) is 2. The SMILES string of the molecule is CCOc1ccc(C(N)c2cccc(OC)c2)cc1. The molecule has 0 spiro atoms. The van der Waals surface area contributed by atoms with Gasteiger partial charge in [0, 0.05) is 0 Å². The Bertz CT molecular complexity index is 523. The highest BCUT2D eigenvalue weighted by Crippen LogP contribution is 2.24. The molecule has 100 valence electrons. The molecule has 2 aromatic carbocycles. The van der Waals surface area contributed by atoms with E-state index < -0.39 is 0 Å². The van der Waals surface area contributed by atoms with Crippen molar-refractivity contribution in [3.8, 4) is 11.5 Å². The van der Waals surface area contributed by atoms with Crippen LogP contribution in [-0.2, 0) is 0 Å². The Morgan fingerprint density at radius 1 is 1.00 bits per heavy atom. The molecule has 0 amide bonds. The molecule has 0 fully saturated rings. The normalized spacial score (nSPS) is 11.9. The van der Waals surface area contributed by atoms with Crippen molar-refractivity contribution in [3.63, 3.8) is 0 Å². The highest BCUT2D eigenvalue weighted by atomic mass is 16.5. The maximum absolute atomic E-state index is 6.27. The number of nitrogens with two attached hydrogens (primary N) is 1. The molecule has 0 aliphatic carbocycles. The van der Waals surface area contributed by atoms with Gasteiger partial charge in [-0.25, -0.2) is 0 Å². The zero-order chi connectivity index (χ0) is 13.7. The van der Waals surface area contributed by atoms with E-state index in [1.165, 1.54) is 0 Å². The largest absolute Gasteiger partial charge is 0.497 e. The van der Waals surface area contributed by atoms with Crippen LogP contribution in [0.5, 0.6) is 11.5 Å². The first-order chi connectivity index (χ1) is 9.24. The Morgan fingerprint density at radius 3 is 2.37 bits per heavy atom. The lowest BCUT2D eigenvalue weighted by molar-refractivity contribution is 0.340. The Kier molecular flexibility index (Phi) is 4.42. The monoisotopic (exact) mass is 257 g/mol. The van der Waals surface area contributed by atoms with Crippen LogP contribution < -0.4 is 15.2 Å². The zero-order valence-electron chi connectivity index (χ0n) is 11.3. The van der Waals surface area contributed by atoms with Gasteiger partial charge >= 0.3 is 0 Å². The summed E-state index contributed by atoms with van der Waals surface area (Å²) in [4.78, 5) is 0. The molecule has 0 saturated heterocycles. The predicted octanol–water partition coefficient (Wildman–Crippen LogP) is 3.14. The number of methoxy groups -OCH3 is 1. The molecule has 0 bridgehead atoms. The lowest BCUT2D eigenvalue weighted by atomic mass is 9.99. The molecule has 1 unspecified atom stereocenters. The van der Waals surface area contributed by atoms with Crippen LogP contribution in [0.25, 0.3) is 0 Å². The third-order valence-electron chi connectivity index (χ3n) is 3.00. The van der Waals surface area contributed by atoms with E-state index in [1.54, 1.807) is 7.11 Å². The fourth-order valence-electron chi connectivity index (χ4n) is 1.97. The summed E-state index contributed by atoms with van der Waals surface area (Å²) < 4.78 is 10.6. The molecule has 0 saturated carbocycles. The van der Waals surface area contributed by atoms with Crippen molar-refractivity contribution >= 4 is 0 Å². The van der Waals surface area contributed by atoms with E-state index in [0.717, 1.165) is 22.6 Å². The van der Waals surface area contributed by atoms with Crippen LogP contribution in [0.3, 0.4) is 0 Å². The second-order valence-corrected chi connectivity index (χ2v) is 4.26. The zero-order valence-corrected chi connectivity index (χ0v) is 11.3. The molecular weight excluding hydrogens is 238 g/mol. The topological polar surface area (TPSA) is 44.5 Å². The van der Waals surface area contributed by atoms with E-state index in [-0.39, 0.29) is 6.04 Å². The van der Waals surface area contributed by atoms with E-state index in [4.69, 9.17) is 15.2 Å². The van der Waals surface area contributed by atoms with Gasteiger partial charge in [-0.05, 0) is 42.3 Å². The van der Waals surface area contributed by atoms with Gasteiger partial charge in [0.1, 0.15) is 11.5 Å². The third kappa shape index (κ3) is 3.26. The predicted molar refractivity (Wildman–Crippen MR) is 76.6 cm³/mol. The van der Waals surface area contributed by atoms with Crippen LogP contribution in [0.15, 0.2) is 48.5 Å². The van der Waals surface area contributed by atoms with Crippen LogP contribution in [0.1, 0.15) is 24.1 Å². The van der Waals surface area contributed by atoms with Crippen LogP contribution >= 0.6 is 0 Å². The Hall–Kier alpha value is -2.00. The number of hydrogen-bond acceptors (Lipinski definition) is 3. The molecule has 19 heavy (non-hydrogen) atoms. The summed E-state index contributed by atoms with van der Waals surface area (Å²) in [7, 11) is 1.65. The first kappa shape index (κ1) is 13.4. The van der Waals surface area contributed by atoms with Crippen LogP contribution in [-0.4, -0.2) is 13.7 Å². The smallest absolute Gasteiger partial charge is 0.119 e. The second-order valence-electron chi connectivity index (χ2n) is 4.26. The van der Waals surface area contributed by atoms with Gasteiger partial charge in [0.2, 0.25) is 0 Å². The van der Waals surface area contributed by atoms with E-state index in [0.29, 0.717) is 6.61 Å². The van der Waals surface area contributed by atoms with Crippen LogP contribution in [0.4, 0.5) is 0 Å². The van der Waals surface area contributed by atoms with Gasteiger partial charge in [0.25, 0.3) is 0 Å². The second kappa shape index (κ2) is 6.25. The molecule has 0 aliphatic heterocycles. The molecular formula is C16H19NO2. The van der Waals surface area contributed by atoms with E-state index in [1.807, 2.05) is 55.5 Å². The van der Waals surface area contributed by atoms with Crippen LogP contribution in [0.2, 0.25) is 0 Å². The molecule has 0 aliphatic rings. The maximum atomic E-state index is 6.27. The van der Waals surface area contributed by atoms with E-state index in [9.17, 15) is 0 Å².